The molecule has 0 aliphatic heterocycles. The third-order valence-corrected chi connectivity index (χ3v) is 3.78. The van der Waals surface area contributed by atoms with Crippen molar-refractivity contribution in [3.63, 3.8) is 0 Å². The van der Waals surface area contributed by atoms with Crippen molar-refractivity contribution in [3.8, 4) is 0 Å². The molecule has 0 saturated carbocycles. The number of benzene rings is 1. The van der Waals surface area contributed by atoms with Crippen molar-refractivity contribution < 1.29 is 0 Å². The second-order valence-electron chi connectivity index (χ2n) is 5.93. The van der Waals surface area contributed by atoms with E-state index >= 15 is 0 Å². The van der Waals surface area contributed by atoms with Gasteiger partial charge < -0.3 is 5.32 Å². The lowest BCUT2D eigenvalue weighted by atomic mass is 9.93. The summed E-state index contributed by atoms with van der Waals surface area (Å²) in [5.41, 5.74) is 1.43. The maximum atomic E-state index is 3.91. The summed E-state index contributed by atoms with van der Waals surface area (Å²) in [6.45, 7) is 9.19. The fourth-order valence-electron chi connectivity index (χ4n) is 2.70. The Morgan fingerprint density at radius 1 is 0.947 bits per heavy atom. The van der Waals surface area contributed by atoms with Gasteiger partial charge in [0.05, 0.1) is 0 Å². The van der Waals surface area contributed by atoms with Crippen molar-refractivity contribution in [2.24, 2.45) is 5.92 Å². The Balaban J connectivity index is 2.70. The van der Waals surface area contributed by atoms with Crippen molar-refractivity contribution in [1.82, 2.24) is 5.32 Å². The summed E-state index contributed by atoms with van der Waals surface area (Å²) in [5, 5.41) is 3.91. The van der Waals surface area contributed by atoms with E-state index in [1.165, 1.54) is 37.7 Å². The maximum Gasteiger partial charge on any atom is 0.0345 e. The highest BCUT2D eigenvalue weighted by molar-refractivity contribution is 5.19. The molecule has 2 atom stereocenters. The standard InChI is InChI=1S/C18H31N/c1-5-7-14-17(11-6-2)19-18(15(3)4)16-12-9-8-10-13-16/h8-10,12-13,15,17-19H,5-7,11,14H2,1-4H3. The zero-order valence-electron chi connectivity index (χ0n) is 13.2. The maximum absolute atomic E-state index is 3.91. The molecule has 0 spiro atoms. The van der Waals surface area contributed by atoms with Crippen molar-refractivity contribution in [2.75, 3.05) is 0 Å². The predicted molar refractivity (Wildman–Crippen MR) is 85.4 cm³/mol. The van der Waals surface area contributed by atoms with Crippen LogP contribution in [0.15, 0.2) is 30.3 Å². The van der Waals surface area contributed by atoms with Gasteiger partial charge in [0.2, 0.25) is 0 Å². The van der Waals surface area contributed by atoms with Crippen LogP contribution in [0, 0.1) is 5.92 Å². The Kier molecular flexibility index (Phi) is 7.81. The highest BCUT2D eigenvalue weighted by atomic mass is 15.0. The van der Waals surface area contributed by atoms with Gasteiger partial charge in [0.25, 0.3) is 0 Å². The number of hydrogen-bond donors (Lipinski definition) is 1. The van der Waals surface area contributed by atoms with Gasteiger partial charge in [0, 0.05) is 12.1 Å². The Bertz CT molecular complexity index is 318. The van der Waals surface area contributed by atoms with Crippen molar-refractivity contribution >= 4 is 0 Å². The zero-order valence-corrected chi connectivity index (χ0v) is 13.2. The molecule has 0 amide bonds. The Morgan fingerprint density at radius 2 is 1.63 bits per heavy atom. The van der Waals surface area contributed by atoms with Crippen molar-refractivity contribution in [1.29, 1.82) is 0 Å². The minimum Gasteiger partial charge on any atom is -0.307 e. The highest BCUT2D eigenvalue weighted by Gasteiger charge is 2.19. The number of unbranched alkanes of at least 4 members (excludes halogenated alkanes) is 1. The predicted octanol–water partition coefficient (Wildman–Crippen LogP) is 5.33. The van der Waals surface area contributed by atoms with Crippen LogP contribution >= 0.6 is 0 Å². The van der Waals surface area contributed by atoms with Crippen LogP contribution in [0.5, 0.6) is 0 Å². The molecule has 0 aromatic heterocycles. The quantitative estimate of drug-likeness (QED) is 0.633. The molecule has 0 aliphatic carbocycles. The molecule has 1 aromatic rings. The van der Waals surface area contributed by atoms with E-state index in [4.69, 9.17) is 0 Å². The second kappa shape index (κ2) is 9.14. The topological polar surface area (TPSA) is 12.0 Å². The number of hydrogen-bond acceptors (Lipinski definition) is 1. The average molecular weight is 261 g/mol. The highest BCUT2D eigenvalue weighted by Crippen LogP contribution is 2.23. The lowest BCUT2D eigenvalue weighted by molar-refractivity contribution is 0.329. The minimum atomic E-state index is 0.481. The molecule has 2 unspecified atom stereocenters. The molecule has 1 N–H and O–H groups in total. The van der Waals surface area contributed by atoms with Crippen LogP contribution < -0.4 is 5.32 Å². The van der Waals surface area contributed by atoms with Gasteiger partial charge in [-0.1, -0.05) is 77.3 Å². The second-order valence-corrected chi connectivity index (χ2v) is 5.93. The van der Waals surface area contributed by atoms with E-state index in [1.54, 1.807) is 0 Å². The van der Waals surface area contributed by atoms with Gasteiger partial charge in [0.15, 0.2) is 0 Å². The third-order valence-electron chi connectivity index (χ3n) is 3.78. The normalized spacial score (nSPS) is 14.6. The Morgan fingerprint density at radius 3 is 2.16 bits per heavy atom. The summed E-state index contributed by atoms with van der Waals surface area (Å²) in [6.07, 6.45) is 6.48. The molecule has 19 heavy (non-hydrogen) atoms. The first-order chi connectivity index (χ1) is 9.19. The molecule has 0 heterocycles. The molecule has 0 bridgehead atoms. The summed E-state index contributed by atoms with van der Waals surface area (Å²) >= 11 is 0. The molecule has 0 fully saturated rings. The lowest BCUT2D eigenvalue weighted by Crippen LogP contribution is -2.35. The molecule has 108 valence electrons. The summed E-state index contributed by atoms with van der Waals surface area (Å²) in [4.78, 5) is 0. The zero-order chi connectivity index (χ0) is 14.1. The van der Waals surface area contributed by atoms with E-state index in [1.807, 2.05) is 0 Å². The SMILES string of the molecule is CCCCC(CCC)NC(c1ccccc1)C(C)C. The molecule has 0 aliphatic rings. The molecule has 1 aromatic carbocycles. The Hall–Kier alpha value is -0.820. The first-order valence-corrected chi connectivity index (χ1v) is 8.00. The number of rotatable bonds is 9. The van der Waals surface area contributed by atoms with Gasteiger partial charge in [-0.15, -0.1) is 0 Å². The summed E-state index contributed by atoms with van der Waals surface area (Å²) in [6, 6.07) is 12.0. The van der Waals surface area contributed by atoms with E-state index in [0.29, 0.717) is 18.0 Å². The van der Waals surface area contributed by atoms with E-state index < -0.39 is 0 Å². The van der Waals surface area contributed by atoms with E-state index in [0.717, 1.165) is 0 Å². The lowest BCUT2D eigenvalue weighted by Gasteiger charge is -2.29. The fraction of sp³-hybridized carbons (Fsp3) is 0.667. The van der Waals surface area contributed by atoms with E-state index in [2.05, 4.69) is 63.3 Å². The van der Waals surface area contributed by atoms with Gasteiger partial charge in [-0.3, -0.25) is 0 Å². The minimum absolute atomic E-state index is 0.481. The van der Waals surface area contributed by atoms with Gasteiger partial charge >= 0.3 is 0 Å². The van der Waals surface area contributed by atoms with Gasteiger partial charge in [0.1, 0.15) is 0 Å². The fourth-order valence-corrected chi connectivity index (χ4v) is 2.70. The molecular weight excluding hydrogens is 230 g/mol. The molecule has 1 rings (SSSR count). The molecule has 1 nitrogen and oxygen atoms in total. The molecule has 0 saturated heterocycles. The summed E-state index contributed by atoms with van der Waals surface area (Å²) in [5.74, 6) is 0.628. The van der Waals surface area contributed by atoms with Crippen LogP contribution in [0.1, 0.15) is 71.4 Å². The first-order valence-electron chi connectivity index (χ1n) is 8.00. The van der Waals surface area contributed by atoms with Crippen LogP contribution in [0.25, 0.3) is 0 Å². The largest absolute Gasteiger partial charge is 0.307 e. The molecule has 1 heteroatoms. The van der Waals surface area contributed by atoms with Gasteiger partial charge in [-0.05, 0) is 24.3 Å². The average Bonchev–Trinajstić information content (AvgIpc) is 2.42. The van der Waals surface area contributed by atoms with Crippen LogP contribution in [0.4, 0.5) is 0 Å². The monoisotopic (exact) mass is 261 g/mol. The summed E-state index contributed by atoms with van der Waals surface area (Å²) < 4.78 is 0. The van der Waals surface area contributed by atoms with Crippen LogP contribution in [0.3, 0.4) is 0 Å². The van der Waals surface area contributed by atoms with Crippen LogP contribution in [-0.4, -0.2) is 6.04 Å². The van der Waals surface area contributed by atoms with Crippen molar-refractivity contribution in [3.05, 3.63) is 35.9 Å². The van der Waals surface area contributed by atoms with Crippen LogP contribution in [0.2, 0.25) is 0 Å². The smallest absolute Gasteiger partial charge is 0.0345 e. The third kappa shape index (κ3) is 5.78. The van der Waals surface area contributed by atoms with Gasteiger partial charge in [-0.25, -0.2) is 0 Å². The summed E-state index contributed by atoms with van der Waals surface area (Å²) in [7, 11) is 0. The Labute approximate surface area is 119 Å². The van der Waals surface area contributed by atoms with Crippen LogP contribution in [-0.2, 0) is 0 Å². The van der Waals surface area contributed by atoms with E-state index in [-0.39, 0.29) is 0 Å². The molecular formula is C18H31N. The molecule has 0 radical (unpaired) electrons. The van der Waals surface area contributed by atoms with Crippen molar-refractivity contribution in [2.45, 2.75) is 71.9 Å². The van der Waals surface area contributed by atoms with Gasteiger partial charge in [-0.2, -0.15) is 0 Å². The van der Waals surface area contributed by atoms with E-state index in [9.17, 15) is 0 Å². The first kappa shape index (κ1) is 16.2. The number of nitrogens with one attached hydrogen (secondary N) is 1.